The van der Waals surface area contributed by atoms with Gasteiger partial charge in [0.05, 0.1) is 10.8 Å². The van der Waals surface area contributed by atoms with Gasteiger partial charge in [0.15, 0.2) is 11.6 Å². The van der Waals surface area contributed by atoms with E-state index in [1.165, 1.54) is 24.3 Å². The van der Waals surface area contributed by atoms with Gasteiger partial charge in [-0.1, -0.05) is 11.6 Å². The molecule has 3 aliphatic rings. The molecule has 2 atom stereocenters. The molecule has 160 valence electrons. The molecule has 0 aliphatic heterocycles. The number of carboxylic acids is 1. The number of anilines is 1. The molecule has 8 nitrogen and oxygen atoms in total. The van der Waals surface area contributed by atoms with E-state index in [0.717, 1.165) is 25.7 Å². The van der Waals surface area contributed by atoms with Crippen LogP contribution in [-0.4, -0.2) is 27.0 Å². The molecule has 2 aromatic rings. The van der Waals surface area contributed by atoms with E-state index in [-0.39, 0.29) is 45.2 Å². The van der Waals surface area contributed by atoms with Gasteiger partial charge < -0.3 is 10.4 Å². The second-order valence-electron chi connectivity index (χ2n) is 7.94. The van der Waals surface area contributed by atoms with Crippen molar-refractivity contribution < 1.29 is 19.2 Å². The predicted molar refractivity (Wildman–Crippen MR) is 110 cm³/mol. The number of rotatable bonds is 5. The number of pyridine rings is 1. The van der Waals surface area contributed by atoms with Gasteiger partial charge in [0.25, 0.3) is 5.69 Å². The molecule has 0 spiro atoms. The predicted octanol–water partition coefficient (Wildman–Crippen LogP) is 4.62. The van der Waals surface area contributed by atoms with E-state index in [4.69, 9.17) is 11.6 Å². The number of hydrogen-bond donors (Lipinski definition) is 2. The van der Waals surface area contributed by atoms with Gasteiger partial charge >= 0.3 is 5.97 Å². The lowest BCUT2D eigenvalue weighted by atomic mass is 9.61. The zero-order valence-corrected chi connectivity index (χ0v) is 17.0. The zero-order valence-electron chi connectivity index (χ0n) is 16.2. The number of carboxylic acid groups (broad SMARTS) is 1. The first-order valence-corrected chi connectivity index (χ1v) is 10.2. The molecule has 2 unspecified atom stereocenters. The van der Waals surface area contributed by atoms with Crippen LogP contribution in [-0.2, 0) is 4.79 Å². The van der Waals surface area contributed by atoms with Gasteiger partial charge in [-0.05, 0) is 55.2 Å². The third-order valence-corrected chi connectivity index (χ3v) is 6.65. The van der Waals surface area contributed by atoms with Crippen molar-refractivity contribution in [3.63, 3.8) is 0 Å². The molecule has 3 fully saturated rings. The summed E-state index contributed by atoms with van der Waals surface area (Å²) in [5, 5.41) is 32.9. The summed E-state index contributed by atoms with van der Waals surface area (Å²) in [4.78, 5) is 26.2. The normalized spacial score (nSPS) is 24.4. The van der Waals surface area contributed by atoms with Gasteiger partial charge in [-0.15, -0.1) is 0 Å². The maximum atomic E-state index is 15.6. The third kappa shape index (κ3) is 3.68. The second-order valence-corrected chi connectivity index (χ2v) is 8.30. The minimum atomic E-state index is -0.928. The largest absolute Gasteiger partial charge is 0.481 e. The number of benzene rings is 1. The number of nitro groups is 1. The number of nitrogens with one attached hydrogen (secondary N) is 1. The standard InChI is InChI=1S/C21H18ClFN4O4/c22-19-14(9-24)15(10-5-7-13(8-6-10)27(30)31)17(23)20(26-19)25-18-12-3-1-11(2-4-12)16(18)21(28)29/h5-8,11-12,16,18H,1-4H2,(H,25,26)(H,28,29). The average molecular weight is 445 g/mol. The van der Waals surface area contributed by atoms with Crippen LogP contribution in [0.25, 0.3) is 11.1 Å². The van der Waals surface area contributed by atoms with Crippen LogP contribution in [0.3, 0.4) is 0 Å². The fourth-order valence-corrected chi connectivity index (χ4v) is 5.14. The van der Waals surface area contributed by atoms with Crippen molar-refractivity contribution in [2.75, 3.05) is 5.32 Å². The molecule has 1 heterocycles. The molecule has 31 heavy (non-hydrogen) atoms. The molecule has 2 N–H and O–H groups in total. The summed E-state index contributed by atoms with van der Waals surface area (Å²) in [6.45, 7) is 0. The van der Waals surface area contributed by atoms with Gasteiger partial charge in [0.2, 0.25) is 0 Å². The fraction of sp³-hybridized carbons (Fsp3) is 0.381. The lowest BCUT2D eigenvalue weighted by Gasteiger charge is -2.47. The Hall–Kier alpha value is -3.25. The Labute approximate surface area is 181 Å². The number of halogens is 2. The van der Waals surface area contributed by atoms with E-state index >= 15 is 4.39 Å². The molecular formula is C21H18ClFN4O4. The zero-order chi connectivity index (χ0) is 22.3. The molecular weight excluding hydrogens is 427 g/mol. The van der Waals surface area contributed by atoms with E-state index in [1.807, 2.05) is 6.07 Å². The molecule has 1 aromatic carbocycles. The minimum Gasteiger partial charge on any atom is -0.481 e. The van der Waals surface area contributed by atoms with E-state index < -0.39 is 28.7 Å². The Morgan fingerprint density at radius 2 is 1.87 bits per heavy atom. The van der Waals surface area contributed by atoms with Gasteiger partial charge in [-0.3, -0.25) is 14.9 Å². The summed E-state index contributed by atoms with van der Waals surface area (Å²) in [7, 11) is 0. The van der Waals surface area contributed by atoms with Crippen molar-refractivity contribution >= 4 is 29.1 Å². The van der Waals surface area contributed by atoms with Crippen LogP contribution in [0.4, 0.5) is 15.9 Å². The van der Waals surface area contributed by atoms with Crippen LogP contribution in [0.2, 0.25) is 5.15 Å². The first kappa shape index (κ1) is 21.0. The van der Waals surface area contributed by atoms with Crippen LogP contribution in [0.5, 0.6) is 0 Å². The monoisotopic (exact) mass is 444 g/mol. The molecule has 0 amide bonds. The van der Waals surface area contributed by atoms with Gasteiger partial charge in [-0.25, -0.2) is 9.37 Å². The van der Waals surface area contributed by atoms with E-state index in [1.54, 1.807) is 0 Å². The summed E-state index contributed by atoms with van der Waals surface area (Å²) in [5.74, 6) is -2.56. The number of fused-ring (bicyclic) bond motifs is 3. The van der Waals surface area contributed by atoms with Gasteiger partial charge in [-0.2, -0.15) is 5.26 Å². The van der Waals surface area contributed by atoms with Crippen LogP contribution in [0.15, 0.2) is 24.3 Å². The highest BCUT2D eigenvalue weighted by Gasteiger charge is 2.47. The van der Waals surface area contributed by atoms with Crippen molar-refractivity contribution in [2.45, 2.75) is 31.7 Å². The lowest BCUT2D eigenvalue weighted by molar-refractivity contribution is -0.384. The maximum Gasteiger partial charge on any atom is 0.308 e. The number of hydrogen-bond acceptors (Lipinski definition) is 6. The van der Waals surface area contributed by atoms with Crippen molar-refractivity contribution in [1.29, 1.82) is 5.26 Å². The summed E-state index contributed by atoms with van der Waals surface area (Å²) in [5.41, 5.74) is -0.276. The molecule has 1 aromatic heterocycles. The average Bonchev–Trinajstić information content (AvgIpc) is 2.76. The summed E-state index contributed by atoms with van der Waals surface area (Å²) < 4.78 is 15.6. The molecule has 0 radical (unpaired) electrons. The first-order chi connectivity index (χ1) is 14.8. The van der Waals surface area contributed by atoms with Crippen LogP contribution in [0.1, 0.15) is 31.2 Å². The minimum absolute atomic E-state index is 0.0195. The third-order valence-electron chi connectivity index (χ3n) is 6.38. The Kier molecular flexibility index (Phi) is 5.50. The van der Waals surface area contributed by atoms with Crippen molar-refractivity contribution in [1.82, 2.24) is 4.98 Å². The first-order valence-electron chi connectivity index (χ1n) is 9.85. The Bertz CT molecular complexity index is 1090. The Morgan fingerprint density at radius 1 is 1.26 bits per heavy atom. The summed E-state index contributed by atoms with van der Waals surface area (Å²) >= 11 is 6.17. The van der Waals surface area contributed by atoms with E-state index in [2.05, 4.69) is 10.3 Å². The quantitative estimate of drug-likeness (QED) is 0.391. The number of aliphatic carboxylic acids is 1. The number of nitriles is 1. The summed E-state index contributed by atoms with van der Waals surface area (Å²) in [6, 6.07) is 6.42. The van der Waals surface area contributed by atoms with Crippen LogP contribution >= 0.6 is 11.6 Å². The number of non-ortho nitro benzene ring substituents is 1. The molecule has 10 heteroatoms. The highest BCUT2D eigenvalue weighted by molar-refractivity contribution is 6.31. The topological polar surface area (TPSA) is 129 Å². The Morgan fingerprint density at radius 3 is 2.42 bits per heavy atom. The number of nitro benzene ring substituents is 1. The van der Waals surface area contributed by atoms with Crippen LogP contribution in [0, 0.1) is 45.0 Å². The molecule has 3 aliphatic carbocycles. The number of nitrogens with zero attached hydrogens (tertiary/aromatic N) is 3. The van der Waals surface area contributed by atoms with E-state index in [0.29, 0.717) is 0 Å². The maximum absolute atomic E-state index is 15.6. The van der Waals surface area contributed by atoms with Gasteiger partial charge in [0, 0.05) is 23.7 Å². The smallest absolute Gasteiger partial charge is 0.308 e. The molecule has 2 bridgehead atoms. The molecule has 0 saturated heterocycles. The highest BCUT2D eigenvalue weighted by atomic mass is 35.5. The lowest BCUT2D eigenvalue weighted by Crippen LogP contribution is -2.51. The second kappa shape index (κ2) is 8.12. The molecule has 5 rings (SSSR count). The highest BCUT2D eigenvalue weighted by Crippen LogP contribution is 2.47. The van der Waals surface area contributed by atoms with Crippen molar-refractivity contribution in [2.24, 2.45) is 17.8 Å². The number of carbonyl (C=O) groups is 1. The van der Waals surface area contributed by atoms with E-state index in [9.17, 15) is 25.3 Å². The fourth-order valence-electron chi connectivity index (χ4n) is 4.92. The van der Waals surface area contributed by atoms with Gasteiger partial charge in [0.1, 0.15) is 16.8 Å². The van der Waals surface area contributed by atoms with Crippen molar-refractivity contribution in [3.05, 3.63) is 50.9 Å². The summed E-state index contributed by atoms with van der Waals surface area (Å²) in [6.07, 6.45) is 3.37. The SMILES string of the molecule is N#Cc1c(Cl)nc(NC2C3CCC(CC3)C2C(=O)O)c(F)c1-c1ccc([N+](=O)[O-])cc1. The Balaban J connectivity index is 1.77. The molecule has 3 saturated carbocycles. The van der Waals surface area contributed by atoms with Crippen molar-refractivity contribution in [3.8, 4) is 17.2 Å². The van der Waals surface area contributed by atoms with Crippen LogP contribution < -0.4 is 5.32 Å². The number of aromatic nitrogens is 1.